The molecule has 0 radical (unpaired) electrons. The van der Waals surface area contributed by atoms with E-state index in [-0.39, 0.29) is 34.1 Å². The van der Waals surface area contributed by atoms with Crippen molar-refractivity contribution in [3.63, 3.8) is 0 Å². The Kier molecular flexibility index (Phi) is 10.9. The smallest absolute Gasteiger partial charge is 0.287 e. The number of rotatable bonds is 10. The Hall–Kier alpha value is -3.16. The zero-order valence-electron chi connectivity index (χ0n) is 27.9. The summed E-state index contributed by atoms with van der Waals surface area (Å²) in [4.78, 5) is 42.7. The van der Waals surface area contributed by atoms with Crippen LogP contribution in [0.25, 0.3) is 11.0 Å². The summed E-state index contributed by atoms with van der Waals surface area (Å²) in [5.41, 5.74) is 1.73. The topological polar surface area (TPSA) is 91.7 Å². The molecule has 2 N–H and O–H groups in total. The molecule has 1 aliphatic carbocycles. The van der Waals surface area contributed by atoms with Crippen molar-refractivity contribution in [2.24, 2.45) is 11.3 Å². The Labute approximate surface area is 278 Å². The molecule has 2 heterocycles. The first-order chi connectivity index (χ1) is 22.0. The summed E-state index contributed by atoms with van der Waals surface area (Å²) in [6.45, 7) is 10.7. The van der Waals surface area contributed by atoms with Gasteiger partial charge in [-0.25, -0.2) is 0 Å². The van der Waals surface area contributed by atoms with E-state index in [4.69, 9.17) is 16.0 Å². The third-order valence-electron chi connectivity index (χ3n) is 10.0. The van der Waals surface area contributed by atoms with Crippen LogP contribution in [0.4, 0.5) is 0 Å². The maximum atomic E-state index is 13.8. The average Bonchev–Trinajstić information content (AvgIpc) is 3.04. The zero-order valence-corrected chi connectivity index (χ0v) is 28.7. The van der Waals surface area contributed by atoms with Crippen LogP contribution >= 0.6 is 11.6 Å². The fourth-order valence-electron chi connectivity index (χ4n) is 7.38. The highest BCUT2D eigenvalue weighted by molar-refractivity contribution is 6.30. The highest BCUT2D eigenvalue weighted by atomic mass is 35.5. The molecule has 1 atom stereocenters. The molecule has 7 nitrogen and oxygen atoms in total. The summed E-state index contributed by atoms with van der Waals surface area (Å²) < 4.78 is 5.92. The van der Waals surface area contributed by atoms with Crippen LogP contribution in [-0.2, 0) is 17.6 Å². The van der Waals surface area contributed by atoms with Crippen LogP contribution in [0.2, 0.25) is 5.02 Å². The van der Waals surface area contributed by atoms with Gasteiger partial charge in [-0.15, -0.1) is 0 Å². The first-order valence-electron chi connectivity index (χ1n) is 17.1. The number of carbonyl (C=O) groups is 2. The minimum Gasteiger partial charge on any atom is -0.451 e. The van der Waals surface area contributed by atoms with Crippen molar-refractivity contribution in [1.82, 2.24) is 15.5 Å². The van der Waals surface area contributed by atoms with Gasteiger partial charge in [0, 0.05) is 29.2 Å². The minimum atomic E-state index is -0.397. The van der Waals surface area contributed by atoms with E-state index in [1.807, 2.05) is 43.3 Å². The van der Waals surface area contributed by atoms with Gasteiger partial charge in [0.2, 0.25) is 5.91 Å². The van der Waals surface area contributed by atoms with Gasteiger partial charge in [-0.3, -0.25) is 14.4 Å². The van der Waals surface area contributed by atoms with E-state index in [1.165, 1.54) is 25.3 Å². The number of nitrogens with zero attached hydrogens (tertiary/aromatic N) is 1. The summed E-state index contributed by atoms with van der Waals surface area (Å²) in [7, 11) is 0. The van der Waals surface area contributed by atoms with Gasteiger partial charge in [0.1, 0.15) is 5.58 Å². The van der Waals surface area contributed by atoms with Crippen molar-refractivity contribution >= 4 is 34.4 Å². The third kappa shape index (κ3) is 8.40. The number of halogens is 1. The normalized spacial score (nSPS) is 18.3. The molecule has 248 valence electrons. The van der Waals surface area contributed by atoms with Gasteiger partial charge in [-0.1, -0.05) is 56.0 Å². The van der Waals surface area contributed by atoms with Gasteiger partial charge >= 0.3 is 0 Å². The molecular weight excluding hydrogens is 598 g/mol. The second-order valence-corrected chi connectivity index (χ2v) is 14.9. The monoisotopic (exact) mass is 647 g/mol. The van der Waals surface area contributed by atoms with Crippen LogP contribution in [0.3, 0.4) is 0 Å². The summed E-state index contributed by atoms with van der Waals surface area (Å²) in [5, 5.41) is 7.65. The van der Waals surface area contributed by atoms with E-state index in [2.05, 4.69) is 36.3 Å². The fraction of sp³-hybridized carbons (Fsp3) is 0.553. The molecule has 2 fully saturated rings. The van der Waals surface area contributed by atoms with Gasteiger partial charge in [-0.2, -0.15) is 0 Å². The van der Waals surface area contributed by atoms with Gasteiger partial charge in [0.25, 0.3) is 5.91 Å². The third-order valence-corrected chi connectivity index (χ3v) is 10.3. The zero-order chi connectivity index (χ0) is 32.9. The molecule has 0 bridgehead atoms. The van der Waals surface area contributed by atoms with E-state index in [0.717, 1.165) is 69.3 Å². The molecule has 3 aromatic rings. The SMILES string of the molecule is CCc1ccc2oc(C(=O)N[C@H](CCN3CCC(C(=O)NC(C)(C)C)(C4CCCCC4)CC3)Cc3ccc(Cl)cc3)cc(=O)c2c1. The van der Waals surface area contributed by atoms with E-state index >= 15 is 0 Å². The first kappa shape index (κ1) is 34.2. The summed E-state index contributed by atoms with van der Waals surface area (Å²) in [6.07, 6.45) is 9.82. The highest BCUT2D eigenvalue weighted by Crippen LogP contribution is 2.46. The predicted octanol–water partition coefficient (Wildman–Crippen LogP) is 7.32. The number of likely N-dealkylation sites (tertiary alicyclic amines) is 1. The molecule has 2 aliphatic rings. The fourth-order valence-corrected chi connectivity index (χ4v) is 7.50. The van der Waals surface area contributed by atoms with Crippen molar-refractivity contribution in [3.8, 4) is 0 Å². The van der Waals surface area contributed by atoms with Crippen molar-refractivity contribution in [2.75, 3.05) is 19.6 Å². The average molecular weight is 648 g/mol. The Balaban J connectivity index is 1.28. The number of hydrogen-bond acceptors (Lipinski definition) is 5. The number of carbonyl (C=O) groups excluding carboxylic acids is 2. The molecule has 1 aromatic heterocycles. The number of aryl methyl sites for hydroxylation is 1. The second kappa shape index (κ2) is 14.7. The quantitative estimate of drug-likeness (QED) is 0.241. The molecule has 0 spiro atoms. The van der Waals surface area contributed by atoms with Gasteiger partial charge < -0.3 is 20.0 Å². The summed E-state index contributed by atoms with van der Waals surface area (Å²) in [5.74, 6) is 0.282. The first-order valence-corrected chi connectivity index (χ1v) is 17.5. The molecule has 0 unspecified atom stereocenters. The molecule has 1 saturated heterocycles. The van der Waals surface area contributed by atoms with Crippen molar-refractivity contribution < 1.29 is 14.0 Å². The van der Waals surface area contributed by atoms with Crippen LogP contribution < -0.4 is 16.1 Å². The van der Waals surface area contributed by atoms with Gasteiger partial charge in [-0.05, 0) is 120 Å². The molecular formula is C38H50ClN3O4. The lowest BCUT2D eigenvalue weighted by Gasteiger charge is -2.47. The number of hydrogen-bond donors (Lipinski definition) is 2. The van der Waals surface area contributed by atoms with E-state index in [9.17, 15) is 14.4 Å². The van der Waals surface area contributed by atoms with E-state index in [0.29, 0.717) is 28.3 Å². The number of nitrogens with one attached hydrogen (secondary N) is 2. The Morgan fingerprint density at radius 3 is 2.33 bits per heavy atom. The standard InChI is InChI=1S/C38H50ClN3O4/c1-5-26-13-16-33-31(24-26)32(43)25-34(46-33)35(44)40-30(23-27-11-14-29(39)15-12-27)17-20-42-21-18-38(19-22-42,28-9-7-6-8-10-28)36(45)41-37(2,3)4/h11-16,24-25,28,30H,5-10,17-23H2,1-4H3,(H,40,44)(H,41,45)/t30-/m1/s1. The molecule has 1 saturated carbocycles. The number of benzene rings is 2. The summed E-state index contributed by atoms with van der Waals surface area (Å²) >= 11 is 6.15. The summed E-state index contributed by atoms with van der Waals surface area (Å²) in [6, 6.07) is 14.3. The molecule has 46 heavy (non-hydrogen) atoms. The van der Waals surface area contributed by atoms with Crippen molar-refractivity contribution in [3.05, 3.63) is 80.7 Å². The highest BCUT2D eigenvalue weighted by Gasteiger charge is 2.48. The number of piperidine rings is 1. The Bertz CT molecular complexity index is 1560. The van der Waals surface area contributed by atoms with Crippen molar-refractivity contribution in [2.45, 2.75) is 103 Å². The number of amides is 2. The van der Waals surface area contributed by atoms with Crippen LogP contribution in [0.15, 0.2) is 57.7 Å². The molecule has 2 aromatic carbocycles. The van der Waals surface area contributed by atoms with Crippen LogP contribution in [-0.4, -0.2) is 47.9 Å². The maximum absolute atomic E-state index is 13.8. The van der Waals surface area contributed by atoms with Crippen molar-refractivity contribution in [1.29, 1.82) is 0 Å². The van der Waals surface area contributed by atoms with Crippen LogP contribution in [0, 0.1) is 11.3 Å². The maximum Gasteiger partial charge on any atom is 0.287 e. The molecule has 2 amide bonds. The number of fused-ring (bicyclic) bond motifs is 1. The molecule has 8 heteroatoms. The second-order valence-electron chi connectivity index (χ2n) is 14.5. The lowest BCUT2D eigenvalue weighted by molar-refractivity contribution is -0.141. The molecule has 1 aliphatic heterocycles. The predicted molar refractivity (Wildman–Crippen MR) is 185 cm³/mol. The Morgan fingerprint density at radius 1 is 1.00 bits per heavy atom. The van der Waals surface area contributed by atoms with Gasteiger partial charge in [0.05, 0.1) is 10.8 Å². The van der Waals surface area contributed by atoms with Crippen LogP contribution in [0.1, 0.15) is 101 Å². The van der Waals surface area contributed by atoms with E-state index in [1.54, 1.807) is 6.07 Å². The minimum absolute atomic E-state index is 0.0166. The Morgan fingerprint density at radius 2 is 1.67 bits per heavy atom. The molecule has 5 rings (SSSR count). The largest absolute Gasteiger partial charge is 0.451 e. The van der Waals surface area contributed by atoms with Gasteiger partial charge in [0.15, 0.2) is 11.2 Å². The van der Waals surface area contributed by atoms with Crippen LogP contribution in [0.5, 0.6) is 0 Å². The van der Waals surface area contributed by atoms with E-state index < -0.39 is 5.91 Å². The lowest BCUT2D eigenvalue weighted by atomic mass is 9.63. The lowest BCUT2D eigenvalue weighted by Crippen LogP contribution is -2.56.